The van der Waals surface area contributed by atoms with Gasteiger partial charge in [0, 0.05) is 46.6 Å². The Bertz CT molecular complexity index is 2070. The first-order valence-electron chi connectivity index (χ1n) is 18.5. The SMILES string of the molecule is CCCN(CC(=O)Nc1ccc2c(c1)CCc1c-2[nH]c2ccc(NC(=O)C3CCCN3C(=O)OCC3=CCCC=C3)cc12)C(=O)OCc1ccccc1. The van der Waals surface area contributed by atoms with Crippen LogP contribution in [0.15, 0.2) is 90.5 Å². The number of aromatic nitrogens is 1. The quantitative estimate of drug-likeness (QED) is 0.146. The number of benzene rings is 3. The van der Waals surface area contributed by atoms with E-state index in [0.29, 0.717) is 37.3 Å². The van der Waals surface area contributed by atoms with Crippen LogP contribution in [0, 0.1) is 0 Å². The molecule has 0 radical (unpaired) electrons. The van der Waals surface area contributed by atoms with Gasteiger partial charge in [-0.3, -0.25) is 19.4 Å². The van der Waals surface area contributed by atoms with E-state index >= 15 is 0 Å². The first-order chi connectivity index (χ1) is 25.9. The fourth-order valence-corrected chi connectivity index (χ4v) is 7.37. The van der Waals surface area contributed by atoms with E-state index in [1.54, 1.807) is 0 Å². The number of H-pyrrole nitrogens is 1. The van der Waals surface area contributed by atoms with Crippen molar-refractivity contribution < 1.29 is 28.7 Å². The summed E-state index contributed by atoms with van der Waals surface area (Å²) in [5.74, 6) is -0.513. The van der Waals surface area contributed by atoms with Crippen molar-refractivity contribution in [3.05, 3.63) is 107 Å². The van der Waals surface area contributed by atoms with E-state index in [2.05, 4.69) is 27.8 Å². The predicted octanol–water partition coefficient (Wildman–Crippen LogP) is 7.74. The maximum atomic E-state index is 13.4. The van der Waals surface area contributed by atoms with Gasteiger partial charge in [-0.05, 0) is 97.5 Å². The molecule has 11 heteroatoms. The van der Waals surface area contributed by atoms with Crippen LogP contribution in [-0.4, -0.2) is 71.1 Å². The molecule has 1 fully saturated rings. The van der Waals surface area contributed by atoms with Crippen molar-refractivity contribution in [1.29, 1.82) is 0 Å². The Hall–Kier alpha value is -5.84. The Labute approximate surface area is 309 Å². The Balaban J connectivity index is 0.979. The molecule has 0 spiro atoms. The van der Waals surface area contributed by atoms with Crippen LogP contribution < -0.4 is 10.6 Å². The summed E-state index contributed by atoms with van der Waals surface area (Å²) in [5, 5.41) is 7.05. The molecular weight excluding hydrogens is 670 g/mol. The lowest BCUT2D eigenvalue weighted by Gasteiger charge is -2.23. The smallest absolute Gasteiger partial charge is 0.410 e. The molecule has 274 valence electrons. The zero-order valence-electron chi connectivity index (χ0n) is 30.0. The minimum atomic E-state index is -0.584. The molecule has 0 bridgehead atoms. The molecule has 1 aromatic heterocycles. The number of nitrogens with one attached hydrogen (secondary N) is 3. The second kappa shape index (κ2) is 16.2. The molecule has 1 unspecified atom stereocenters. The van der Waals surface area contributed by atoms with Crippen LogP contribution in [0.3, 0.4) is 0 Å². The van der Waals surface area contributed by atoms with Crippen LogP contribution in [-0.2, 0) is 38.5 Å². The minimum absolute atomic E-state index is 0.108. The number of aryl methyl sites for hydroxylation is 2. The Morgan fingerprint density at radius 3 is 2.57 bits per heavy atom. The highest BCUT2D eigenvalue weighted by atomic mass is 16.6. The first kappa shape index (κ1) is 35.6. The van der Waals surface area contributed by atoms with Crippen LogP contribution >= 0.6 is 0 Å². The number of carbonyl (C=O) groups excluding carboxylic acids is 4. The van der Waals surface area contributed by atoms with Gasteiger partial charge in [0.05, 0.1) is 0 Å². The normalized spacial score (nSPS) is 16.0. The van der Waals surface area contributed by atoms with Gasteiger partial charge in [0.25, 0.3) is 0 Å². The topological polar surface area (TPSA) is 133 Å². The van der Waals surface area contributed by atoms with Crippen molar-refractivity contribution in [2.75, 3.05) is 36.9 Å². The van der Waals surface area contributed by atoms with Crippen LogP contribution in [0.4, 0.5) is 21.0 Å². The third-order valence-electron chi connectivity index (χ3n) is 9.99. The molecule has 1 aliphatic heterocycles. The number of carbonyl (C=O) groups is 4. The second-order valence-corrected chi connectivity index (χ2v) is 13.8. The van der Waals surface area contributed by atoms with E-state index < -0.39 is 18.2 Å². The fourth-order valence-electron chi connectivity index (χ4n) is 7.37. The number of hydrogen-bond donors (Lipinski definition) is 3. The van der Waals surface area contributed by atoms with Crippen molar-refractivity contribution in [2.24, 2.45) is 0 Å². The molecule has 4 amide bonds. The van der Waals surface area contributed by atoms with Crippen molar-refractivity contribution in [2.45, 2.75) is 64.5 Å². The molecule has 2 heterocycles. The Morgan fingerprint density at radius 2 is 1.75 bits per heavy atom. The molecule has 0 saturated carbocycles. The number of nitrogens with zero attached hydrogens (tertiary/aromatic N) is 2. The Kier molecular flexibility index (Phi) is 10.9. The second-order valence-electron chi connectivity index (χ2n) is 13.8. The number of likely N-dealkylation sites (tertiary alicyclic amines) is 1. The number of aromatic amines is 1. The summed E-state index contributed by atoms with van der Waals surface area (Å²) in [6.07, 6.45) is 10.7. The number of rotatable bonds is 11. The molecular formula is C42H45N5O6. The van der Waals surface area contributed by atoms with Gasteiger partial charge in [-0.25, -0.2) is 9.59 Å². The van der Waals surface area contributed by atoms with Gasteiger partial charge in [0.1, 0.15) is 25.8 Å². The van der Waals surface area contributed by atoms with Gasteiger partial charge in [0.2, 0.25) is 11.8 Å². The minimum Gasteiger partial charge on any atom is -0.445 e. The van der Waals surface area contributed by atoms with Gasteiger partial charge in [0.15, 0.2) is 0 Å². The first-order valence-corrected chi connectivity index (χ1v) is 18.5. The maximum absolute atomic E-state index is 13.4. The van der Waals surface area contributed by atoms with Gasteiger partial charge in [-0.15, -0.1) is 0 Å². The lowest BCUT2D eigenvalue weighted by Crippen LogP contribution is -2.43. The summed E-state index contributed by atoms with van der Waals surface area (Å²) < 4.78 is 11.0. The summed E-state index contributed by atoms with van der Waals surface area (Å²) in [5.41, 5.74) is 8.51. The standard InChI is InChI=1S/C42H45N5O6/c1-2-21-46(41(50)52-26-28-10-5-3-6-11-28)25-38(48)43-31-16-19-33-30(23-31)15-18-34-35-24-32(17-20-36(35)45-39(33)34)44-40(49)37-14-9-22-47(37)42(51)53-27-29-12-7-4-8-13-29/h3,5-7,10-13,16-17,19-20,23-24,37,45H,2,4,8-9,14-15,18,21-22,25-27H2,1H3,(H,43,48)(H,44,49). The van der Waals surface area contributed by atoms with E-state index in [1.165, 1.54) is 15.4 Å². The van der Waals surface area contributed by atoms with Crippen molar-refractivity contribution in [1.82, 2.24) is 14.8 Å². The highest BCUT2D eigenvalue weighted by Crippen LogP contribution is 2.39. The molecule has 7 rings (SSSR count). The van der Waals surface area contributed by atoms with E-state index in [-0.39, 0.29) is 31.6 Å². The number of hydrogen-bond acceptors (Lipinski definition) is 6. The monoisotopic (exact) mass is 715 g/mol. The van der Waals surface area contributed by atoms with Crippen molar-refractivity contribution >= 4 is 46.3 Å². The molecule has 3 N–H and O–H groups in total. The average molecular weight is 716 g/mol. The Morgan fingerprint density at radius 1 is 0.925 bits per heavy atom. The molecule has 1 atom stereocenters. The maximum Gasteiger partial charge on any atom is 0.410 e. The number of allylic oxidation sites excluding steroid dienone is 2. The summed E-state index contributed by atoms with van der Waals surface area (Å²) in [4.78, 5) is 58.7. The van der Waals surface area contributed by atoms with Gasteiger partial charge in [-0.2, -0.15) is 0 Å². The summed E-state index contributed by atoms with van der Waals surface area (Å²) in [6.45, 7) is 3.09. The van der Waals surface area contributed by atoms with E-state index in [0.717, 1.165) is 71.0 Å². The molecule has 3 aromatic carbocycles. The number of anilines is 2. The highest BCUT2D eigenvalue weighted by molar-refractivity contribution is 6.01. The van der Waals surface area contributed by atoms with Crippen LogP contribution in [0.1, 0.15) is 55.7 Å². The molecule has 2 aliphatic carbocycles. The van der Waals surface area contributed by atoms with Gasteiger partial charge in [-0.1, -0.05) is 61.5 Å². The zero-order valence-corrected chi connectivity index (χ0v) is 30.0. The third-order valence-corrected chi connectivity index (χ3v) is 9.99. The highest BCUT2D eigenvalue weighted by Gasteiger charge is 2.35. The molecule has 4 aromatic rings. The van der Waals surface area contributed by atoms with E-state index in [4.69, 9.17) is 9.47 Å². The van der Waals surface area contributed by atoms with Gasteiger partial charge >= 0.3 is 12.2 Å². The third kappa shape index (κ3) is 8.30. The largest absolute Gasteiger partial charge is 0.445 e. The molecule has 11 nitrogen and oxygen atoms in total. The fraction of sp³-hybridized carbons (Fsp3) is 0.333. The summed E-state index contributed by atoms with van der Waals surface area (Å²) in [6, 6.07) is 20.6. The van der Waals surface area contributed by atoms with E-state index in [1.807, 2.05) is 79.7 Å². The summed E-state index contributed by atoms with van der Waals surface area (Å²) >= 11 is 0. The van der Waals surface area contributed by atoms with Crippen LogP contribution in [0.5, 0.6) is 0 Å². The van der Waals surface area contributed by atoms with E-state index in [9.17, 15) is 19.2 Å². The number of ether oxygens (including phenoxy) is 2. The average Bonchev–Trinajstić information content (AvgIpc) is 3.82. The molecule has 1 saturated heterocycles. The van der Waals surface area contributed by atoms with Crippen LogP contribution in [0.2, 0.25) is 0 Å². The van der Waals surface area contributed by atoms with Crippen LogP contribution in [0.25, 0.3) is 22.2 Å². The lowest BCUT2D eigenvalue weighted by molar-refractivity contribution is -0.120. The lowest BCUT2D eigenvalue weighted by atomic mass is 9.88. The molecule has 53 heavy (non-hydrogen) atoms. The van der Waals surface area contributed by atoms with Gasteiger partial charge < -0.3 is 25.1 Å². The summed E-state index contributed by atoms with van der Waals surface area (Å²) in [7, 11) is 0. The predicted molar refractivity (Wildman–Crippen MR) is 204 cm³/mol. The van der Waals surface area contributed by atoms with Crippen molar-refractivity contribution in [3.63, 3.8) is 0 Å². The zero-order chi connectivity index (χ0) is 36.7. The number of fused-ring (bicyclic) bond motifs is 5. The molecule has 3 aliphatic rings. The number of amides is 4. The van der Waals surface area contributed by atoms with Crippen molar-refractivity contribution in [3.8, 4) is 11.3 Å².